The lowest BCUT2D eigenvalue weighted by Gasteiger charge is -2.45. The predicted octanol–water partition coefficient (Wildman–Crippen LogP) is 28.4. The molecular weight excluding hydrogens is 1410 g/mol. The number of para-hydroxylation sites is 12. The van der Waals surface area contributed by atoms with E-state index < -0.39 is 10.8 Å². The van der Waals surface area contributed by atoms with Gasteiger partial charge in [0.15, 0.2) is 0 Å². The second-order valence-corrected chi connectivity index (χ2v) is 31.3. The molecule has 0 fully saturated rings. The molecular formula is C110H68N4O2. The van der Waals surface area contributed by atoms with Gasteiger partial charge < -0.3 is 28.1 Å². The van der Waals surface area contributed by atoms with Gasteiger partial charge in [-0.1, -0.05) is 309 Å². The van der Waals surface area contributed by atoms with Crippen molar-refractivity contribution in [1.29, 1.82) is 0 Å². The number of ether oxygens (including phenoxy) is 2. The van der Waals surface area contributed by atoms with E-state index in [9.17, 15) is 0 Å². The second kappa shape index (κ2) is 24.6. The molecule has 2 spiro atoms. The van der Waals surface area contributed by atoms with E-state index in [-0.39, 0.29) is 0 Å². The number of anilines is 3. The molecule has 0 saturated carbocycles. The first-order valence-electron chi connectivity index (χ1n) is 40.0. The van der Waals surface area contributed by atoms with Gasteiger partial charge in [0.05, 0.1) is 55.3 Å². The third-order valence-electron chi connectivity index (χ3n) is 25.6. The summed E-state index contributed by atoms with van der Waals surface area (Å²) in [5, 5.41) is 7.41. The molecule has 6 nitrogen and oxygen atoms in total. The van der Waals surface area contributed by atoms with Crippen molar-refractivity contribution in [1.82, 2.24) is 13.7 Å². The predicted molar refractivity (Wildman–Crippen MR) is 475 cm³/mol. The van der Waals surface area contributed by atoms with E-state index in [0.717, 1.165) is 135 Å². The number of fused-ring (bicyclic) bond motifs is 25. The second-order valence-electron chi connectivity index (χ2n) is 31.3. The Morgan fingerprint density at radius 3 is 1.10 bits per heavy atom. The van der Waals surface area contributed by atoms with E-state index in [1.807, 2.05) is 0 Å². The number of nitrogens with zero attached hydrogens (tertiary/aromatic N) is 4. The van der Waals surface area contributed by atoms with Crippen LogP contribution in [0.3, 0.4) is 0 Å². The van der Waals surface area contributed by atoms with Gasteiger partial charge in [0.1, 0.15) is 23.0 Å². The molecule has 0 radical (unpaired) electrons. The minimum atomic E-state index is -0.733. The molecule has 4 aliphatic rings. The zero-order chi connectivity index (χ0) is 75.9. The van der Waals surface area contributed by atoms with Crippen LogP contribution in [0.25, 0.3) is 138 Å². The van der Waals surface area contributed by atoms with Gasteiger partial charge in [0.2, 0.25) is 0 Å². The van der Waals surface area contributed by atoms with Gasteiger partial charge in [-0.25, -0.2) is 0 Å². The van der Waals surface area contributed by atoms with E-state index in [0.29, 0.717) is 0 Å². The summed E-state index contributed by atoms with van der Waals surface area (Å²) in [6, 6.07) is 152. The van der Waals surface area contributed by atoms with Crippen molar-refractivity contribution in [3.63, 3.8) is 0 Å². The molecule has 0 amide bonds. The first-order chi connectivity index (χ1) is 57.5. The molecule has 25 rings (SSSR count). The van der Waals surface area contributed by atoms with Crippen molar-refractivity contribution in [3.05, 3.63) is 457 Å². The number of hydrogen-bond acceptors (Lipinski definition) is 3. The Hall–Kier alpha value is -15.2. The first kappa shape index (κ1) is 64.4. The Labute approximate surface area is 669 Å². The molecule has 7 heterocycles. The molecule has 116 heavy (non-hydrogen) atoms. The highest BCUT2D eigenvalue weighted by molar-refractivity contribution is 6.15. The Balaban J connectivity index is 0.547. The minimum Gasteiger partial charge on any atom is -0.456 e. The summed E-state index contributed by atoms with van der Waals surface area (Å²) in [7, 11) is 0. The van der Waals surface area contributed by atoms with E-state index in [2.05, 4.69) is 431 Å². The molecule has 6 heteroatoms. The third kappa shape index (κ3) is 8.95. The monoisotopic (exact) mass is 1480 g/mol. The quantitative estimate of drug-likeness (QED) is 0.145. The highest BCUT2D eigenvalue weighted by Gasteiger charge is 2.53. The van der Waals surface area contributed by atoms with Crippen molar-refractivity contribution in [2.75, 3.05) is 4.90 Å². The van der Waals surface area contributed by atoms with Gasteiger partial charge in [-0.2, -0.15) is 0 Å². The van der Waals surface area contributed by atoms with Crippen LogP contribution in [0, 0.1) is 0 Å². The Morgan fingerprint density at radius 2 is 0.560 bits per heavy atom. The summed E-state index contributed by atoms with van der Waals surface area (Å²) in [6.45, 7) is 0. The van der Waals surface area contributed by atoms with Crippen molar-refractivity contribution in [3.8, 4) is 95.7 Å². The molecule has 3 aromatic heterocycles. The van der Waals surface area contributed by atoms with E-state index in [4.69, 9.17) is 9.47 Å². The van der Waals surface area contributed by atoms with Crippen LogP contribution >= 0.6 is 0 Å². The molecule has 4 aliphatic heterocycles. The van der Waals surface area contributed by atoms with Crippen molar-refractivity contribution >= 4 is 82.5 Å². The van der Waals surface area contributed by atoms with Gasteiger partial charge in [0.25, 0.3) is 0 Å². The molecule has 0 N–H and O–H groups in total. The van der Waals surface area contributed by atoms with Gasteiger partial charge >= 0.3 is 0 Å². The molecule has 0 saturated heterocycles. The topological polar surface area (TPSA) is 36.5 Å². The fourth-order valence-electron chi connectivity index (χ4n) is 20.7. The average molecular weight is 1480 g/mol. The largest absolute Gasteiger partial charge is 0.456 e. The summed E-state index contributed by atoms with van der Waals surface area (Å²) < 4.78 is 21.9. The van der Waals surface area contributed by atoms with Crippen molar-refractivity contribution in [2.24, 2.45) is 0 Å². The number of benzene rings is 18. The number of rotatable bonds is 9. The van der Waals surface area contributed by atoms with Crippen LogP contribution < -0.4 is 14.4 Å². The minimum absolute atomic E-state index is 0.655. The summed E-state index contributed by atoms with van der Waals surface area (Å²) in [5.74, 6) is 3.47. The van der Waals surface area contributed by atoms with Crippen LogP contribution in [0.2, 0.25) is 0 Å². The van der Waals surface area contributed by atoms with Gasteiger partial charge in [0, 0.05) is 88.4 Å². The summed E-state index contributed by atoms with van der Waals surface area (Å²) in [5.41, 5.74) is 33.1. The van der Waals surface area contributed by atoms with Crippen LogP contribution in [0.5, 0.6) is 23.0 Å². The molecule has 21 aromatic rings. The lowest BCUT2D eigenvalue weighted by atomic mass is 9.61. The SMILES string of the molecule is c1ccc(N(c2ccc(-c3ccc(-c4cccc5c4Oc4ccccc4C54c5ccccc5-n5c6ccccc6c6cccc4c65)cc3)cc2)c2cccc(-c3ccc4c(c3)c3cccc5c3n4-c3ccccc3C53c4ccccc4Oc4c(-c5ccc(-c6ccc(-n7c8ccccc8c8ccccc87)cc6)cc5)cccc43)c2)cc1. The normalized spacial score (nSPS) is 15.1. The van der Waals surface area contributed by atoms with Gasteiger partial charge in [-0.15, -0.1) is 0 Å². The molecule has 2 atom stereocenters. The highest BCUT2D eigenvalue weighted by Crippen LogP contribution is 2.64. The van der Waals surface area contributed by atoms with E-state index in [1.165, 1.54) is 87.8 Å². The maximum absolute atomic E-state index is 7.30. The van der Waals surface area contributed by atoms with Crippen LogP contribution in [-0.2, 0) is 10.8 Å². The van der Waals surface area contributed by atoms with Gasteiger partial charge in [-0.05, 0) is 170 Å². The van der Waals surface area contributed by atoms with Crippen molar-refractivity contribution in [2.45, 2.75) is 10.8 Å². The number of hydrogen-bond donors (Lipinski definition) is 0. The van der Waals surface area contributed by atoms with E-state index in [1.54, 1.807) is 0 Å². The standard InChI is InChI=1S/C110H68N4O2/c1-2-24-77(25-3-1)111(78-62-57-71(58-63-78)69-49-53-73(54-50-69)81-30-19-40-95-107(81)115-103-47-16-9-36-91(103)109(95)89-34-7-14-45-101(89)113-99-44-13-6-29-85(99)86-32-21-38-93(109)105(86)113)80-26-18-23-75(67-80)76-61-66-100-88(68-76)87-33-22-39-94-106(87)114(100)102-46-15-8-35-90(102)110(94)92-37-10-17-48-104(92)116-108-82(31-20-41-96(108)110)74-55-51-70(52-56-74)72-59-64-79(65-60-72)112-97-42-11-4-27-83(97)84-28-5-12-43-98(84)112/h1-68H. The Bertz CT molecular complexity index is 7640. The van der Waals surface area contributed by atoms with Crippen LogP contribution in [0.1, 0.15) is 44.5 Å². The molecule has 2 unspecified atom stereocenters. The molecule has 540 valence electrons. The molecule has 0 aliphatic carbocycles. The van der Waals surface area contributed by atoms with Crippen LogP contribution in [0.4, 0.5) is 17.1 Å². The maximum atomic E-state index is 7.30. The Kier molecular flexibility index (Phi) is 13.7. The zero-order valence-electron chi connectivity index (χ0n) is 62.9. The average Bonchev–Trinajstić information content (AvgIpc) is 1.34. The van der Waals surface area contributed by atoms with E-state index >= 15 is 0 Å². The fraction of sp³-hybridized carbons (Fsp3) is 0.0182. The lowest BCUT2D eigenvalue weighted by molar-refractivity contribution is 0.435. The molecule has 0 bridgehead atoms. The highest BCUT2D eigenvalue weighted by atomic mass is 16.5. The van der Waals surface area contributed by atoms with Crippen LogP contribution in [-0.4, -0.2) is 13.7 Å². The fourth-order valence-corrected chi connectivity index (χ4v) is 20.7. The maximum Gasteiger partial charge on any atom is 0.140 e. The first-order valence-corrected chi connectivity index (χ1v) is 40.0. The summed E-state index contributed by atoms with van der Waals surface area (Å²) in [4.78, 5) is 2.37. The smallest absolute Gasteiger partial charge is 0.140 e. The van der Waals surface area contributed by atoms with Crippen LogP contribution in [0.15, 0.2) is 413 Å². The lowest BCUT2D eigenvalue weighted by Crippen LogP contribution is -2.37. The molecule has 18 aromatic carbocycles. The summed E-state index contributed by atoms with van der Waals surface area (Å²) >= 11 is 0. The zero-order valence-corrected chi connectivity index (χ0v) is 62.9. The Morgan fingerprint density at radius 1 is 0.207 bits per heavy atom. The van der Waals surface area contributed by atoms with Gasteiger partial charge in [-0.3, -0.25) is 0 Å². The third-order valence-corrected chi connectivity index (χ3v) is 25.6. The summed E-state index contributed by atoms with van der Waals surface area (Å²) in [6.07, 6.45) is 0. The van der Waals surface area contributed by atoms with Crippen molar-refractivity contribution < 1.29 is 9.47 Å². The number of aromatic nitrogens is 3.